The van der Waals surface area contributed by atoms with Crippen LogP contribution < -0.4 is 19.7 Å². The van der Waals surface area contributed by atoms with Crippen LogP contribution in [0.5, 0.6) is 0 Å². The van der Waals surface area contributed by atoms with Crippen molar-refractivity contribution in [3.05, 3.63) is 77.5 Å². The monoisotopic (exact) mass is 398 g/mol. The minimum atomic E-state index is 0.116. The summed E-state index contributed by atoms with van der Waals surface area (Å²) in [6.07, 6.45) is 2.15. The van der Waals surface area contributed by atoms with Crippen molar-refractivity contribution in [1.82, 2.24) is 0 Å². The Labute approximate surface area is 182 Å². The Kier molecular flexibility index (Phi) is 5.35. The van der Waals surface area contributed by atoms with E-state index in [1.807, 2.05) is 0 Å². The number of nitrogens with zero attached hydrogens (tertiary/aromatic N) is 3. The molecule has 4 heteroatoms. The number of pyridine rings is 1. The number of rotatable bonds is 4. The Morgan fingerprint density at radius 3 is 2.00 bits per heavy atom. The highest BCUT2D eigenvalue weighted by molar-refractivity contribution is 6.83. The minimum Gasteiger partial charge on any atom is -0.366 e. The van der Waals surface area contributed by atoms with Gasteiger partial charge in [0.25, 0.3) is 5.82 Å². The van der Waals surface area contributed by atoms with Gasteiger partial charge in [0.15, 0.2) is 0 Å². The van der Waals surface area contributed by atoms with Gasteiger partial charge in [-0.25, -0.2) is 4.57 Å². The van der Waals surface area contributed by atoms with E-state index in [2.05, 4.69) is 124 Å². The van der Waals surface area contributed by atoms with E-state index < -0.39 is 0 Å². The molecule has 3 aromatic rings. The van der Waals surface area contributed by atoms with Gasteiger partial charge in [-0.3, -0.25) is 4.81 Å². The molecule has 0 N–H and O–H groups in total. The Morgan fingerprint density at radius 1 is 0.800 bits per heavy atom. The van der Waals surface area contributed by atoms with Crippen molar-refractivity contribution in [2.45, 2.75) is 46.5 Å². The molecule has 0 saturated carbocycles. The fourth-order valence-corrected chi connectivity index (χ4v) is 4.89. The van der Waals surface area contributed by atoms with Crippen LogP contribution in [0.4, 0.5) is 17.2 Å². The first-order chi connectivity index (χ1) is 14.3. The van der Waals surface area contributed by atoms with Crippen LogP contribution in [0.25, 0.3) is 0 Å². The molecule has 1 aromatic heterocycles. The molecule has 0 amide bonds. The predicted molar refractivity (Wildman–Crippen MR) is 129 cm³/mol. The number of hydrogen-bond donors (Lipinski definition) is 0. The van der Waals surface area contributed by atoms with Crippen molar-refractivity contribution in [2.24, 2.45) is 7.05 Å². The lowest BCUT2D eigenvalue weighted by atomic mass is 9.59. The zero-order valence-corrected chi connectivity index (χ0v) is 19.3. The topological polar surface area (TPSA) is 10.4 Å². The molecular weight excluding hydrogens is 365 g/mol. The first-order valence-corrected chi connectivity index (χ1v) is 11.0. The van der Waals surface area contributed by atoms with Gasteiger partial charge in [-0.15, -0.1) is 0 Å². The lowest BCUT2D eigenvalue weighted by Crippen LogP contribution is -2.57. The maximum absolute atomic E-state index is 2.54. The normalized spacial score (nSPS) is 13.6. The zero-order valence-electron chi connectivity index (χ0n) is 19.3. The van der Waals surface area contributed by atoms with Gasteiger partial charge >= 0.3 is 6.98 Å². The van der Waals surface area contributed by atoms with Crippen LogP contribution in [-0.4, -0.2) is 14.0 Å². The Bertz CT molecular complexity index is 1050. The summed E-state index contributed by atoms with van der Waals surface area (Å²) in [4.78, 5) is 4.99. The van der Waals surface area contributed by atoms with E-state index in [4.69, 9.17) is 0 Å². The van der Waals surface area contributed by atoms with E-state index >= 15 is 0 Å². The van der Waals surface area contributed by atoms with E-state index in [9.17, 15) is 0 Å². The lowest BCUT2D eigenvalue weighted by molar-refractivity contribution is -0.657. The Hall–Kier alpha value is -2.75. The first-order valence-electron chi connectivity index (χ1n) is 11.0. The highest BCUT2D eigenvalue weighted by Gasteiger charge is 2.52. The molecule has 0 spiro atoms. The van der Waals surface area contributed by atoms with Crippen molar-refractivity contribution < 1.29 is 4.57 Å². The quantitative estimate of drug-likeness (QED) is 0.450. The van der Waals surface area contributed by atoms with Crippen LogP contribution in [0.3, 0.4) is 0 Å². The molecule has 2 heterocycles. The summed E-state index contributed by atoms with van der Waals surface area (Å²) in [5, 5.41) is 0. The summed E-state index contributed by atoms with van der Waals surface area (Å²) < 4.78 is 2.26. The zero-order chi connectivity index (χ0) is 21.6. The van der Waals surface area contributed by atoms with Crippen molar-refractivity contribution >= 4 is 29.6 Å². The van der Waals surface area contributed by atoms with Crippen LogP contribution >= 0.6 is 0 Å². The van der Waals surface area contributed by atoms with Crippen molar-refractivity contribution in [3.63, 3.8) is 0 Å². The average Bonchev–Trinajstić information content (AvgIpc) is 3.01. The largest absolute Gasteiger partial charge is 0.538 e. The molecule has 0 fully saturated rings. The average molecular weight is 398 g/mol. The number of anilines is 3. The summed E-state index contributed by atoms with van der Waals surface area (Å²) in [5.74, 6) is 2.17. The smallest absolute Gasteiger partial charge is 0.366 e. The second kappa shape index (κ2) is 7.83. The first kappa shape index (κ1) is 20.5. The van der Waals surface area contributed by atoms with Gasteiger partial charge in [-0.2, -0.15) is 0 Å². The van der Waals surface area contributed by atoms with Gasteiger partial charge in [-0.05, 0) is 60.7 Å². The fourth-order valence-electron chi connectivity index (χ4n) is 4.89. The molecule has 0 aliphatic carbocycles. The van der Waals surface area contributed by atoms with E-state index in [1.54, 1.807) is 0 Å². The molecule has 0 bridgehead atoms. The molecule has 2 aromatic carbocycles. The van der Waals surface area contributed by atoms with E-state index in [-0.39, 0.29) is 6.98 Å². The molecule has 0 radical (unpaired) electrons. The second-order valence-electron chi connectivity index (χ2n) is 9.13. The van der Waals surface area contributed by atoms with Crippen molar-refractivity contribution in [2.75, 3.05) is 16.7 Å². The van der Waals surface area contributed by atoms with Crippen molar-refractivity contribution in [3.8, 4) is 0 Å². The summed E-state index contributed by atoms with van der Waals surface area (Å²) in [5.41, 5.74) is 8.15. The summed E-state index contributed by atoms with van der Waals surface area (Å²) in [6.45, 7) is 11.6. The summed E-state index contributed by atoms with van der Waals surface area (Å²) in [6, 6.07) is 20.0. The summed E-state index contributed by atoms with van der Waals surface area (Å²) >= 11 is 0. The molecule has 1 aliphatic heterocycles. The van der Waals surface area contributed by atoms with E-state index in [0.29, 0.717) is 11.8 Å². The minimum absolute atomic E-state index is 0.116. The lowest BCUT2D eigenvalue weighted by Gasteiger charge is -2.28. The number of hydrogen-bond acceptors (Lipinski definition) is 2. The van der Waals surface area contributed by atoms with Gasteiger partial charge in [0.05, 0.1) is 13.2 Å². The number of para-hydroxylation sites is 1. The van der Waals surface area contributed by atoms with Crippen LogP contribution in [-0.2, 0) is 7.05 Å². The Morgan fingerprint density at radius 2 is 1.40 bits per heavy atom. The predicted octanol–water partition coefficient (Wildman–Crippen LogP) is 5.05. The molecule has 3 nitrogen and oxygen atoms in total. The SMILES string of the molecule is Cc1ccccc1N1B(c2c(C(C)C)cccc2C(C)C)N(C)c2ccc[n+](C)c21. The standard InChI is InChI=1S/C26H33BN3/c1-18(2)21-13-10-14-22(19(3)4)25(21)27-29(7)24-16-11-17-28(6)26(24)30(27)23-15-9-8-12-20(23)5/h8-19H,1-7H3/q+1. The van der Waals surface area contributed by atoms with Gasteiger partial charge in [0.1, 0.15) is 11.4 Å². The maximum atomic E-state index is 2.54. The summed E-state index contributed by atoms with van der Waals surface area (Å²) in [7, 11) is 4.39. The number of aromatic nitrogens is 1. The highest BCUT2D eigenvalue weighted by Crippen LogP contribution is 2.41. The van der Waals surface area contributed by atoms with Crippen LogP contribution in [0.15, 0.2) is 60.8 Å². The van der Waals surface area contributed by atoms with Gasteiger partial charge in [0, 0.05) is 5.46 Å². The highest BCUT2D eigenvalue weighted by atomic mass is 15.3. The van der Waals surface area contributed by atoms with Crippen molar-refractivity contribution in [1.29, 1.82) is 0 Å². The molecule has 30 heavy (non-hydrogen) atoms. The van der Waals surface area contributed by atoms with Crippen LogP contribution in [0.1, 0.15) is 56.2 Å². The van der Waals surface area contributed by atoms with Crippen LogP contribution in [0, 0.1) is 6.92 Å². The molecule has 154 valence electrons. The molecule has 0 saturated heterocycles. The molecule has 0 atom stereocenters. The number of benzene rings is 2. The maximum Gasteiger partial charge on any atom is 0.538 e. The van der Waals surface area contributed by atoms with E-state index in [1.165, 1.54) is 39.3 Å². The molecular formula is C26H33BN3+. The van der Waals surface area contributed by atoms with Gasteiger partial charge < -0.3 is 4.81 Å². The number of aryl methyl sites for hydroxylation is 2. The van der Waals surface area contributed by atoms with Gasteiger partial charge in [-0.1, -0.05) is 64.1 Å². The second-order valence-corrected chi connectivity index (χ2v) is 9.13. The molecule has 0 unspecified atom stereocenters. The van der Waals surface area contributed by atoms with Crippen LogP contribution in [0.2, 0.25) is 0 Å². The number of fused-ring (bicyclic) bond motifs is 1. The fraction of sp³-hybridized carbons (Fsp3) is 0.346. The van der Waals surface area contributed by atoms with Gasteiger partial charge in [0.2, 0.25) is 0 Å². The van der Waals surface area contributed by atoms with E-state index in [0.717, 1.165) is 0 Å². The third-order valence-corrected chi connectivity index (χ3v) is 6.40. The molecule has 1 aliphatic rings. The third-order valence-electron chi connectivity index (χ3n) is 6.40. The third kappa shape index (κ3) is 3.19. The Balaban J connectivity index is 2.05. The molecule has 4 rings (SSSR count).